The van der Waals surface area contributed by atoms with E-state index in [1.807, 2.05) is 31.7 Å². The fourth-order valence-electron chi connectivity index (χ4n) is 3.50. The van der Waals surface area contributed by atoms with E-state index in [0.29, 0.717) is 13.1 Å². The highest BCUT2D eigenvalue weighted by Gasteiger charge is 2.26. The van der Waals surface area contributed by atoms with Crippen molar-refractivity contribution in [2.45, 2.75) is 46.1 Å². The van der Waals surface area contributed by atoms with Gasteiger partial charge in [0.05, 0.1) is 0 Å². The molecule has 3 rings (SSSR count). The highest BCUT2D eigenvalue weighted by Crippen LogP contribution is 2.32. The van der Waals surface area contributed by atoms with Crippen LogP contribution in [0.5, 0.6) is 0 Å². The Kier molecular flexibility index (Phi) is 5.69. The summed E-state index contributed by atoms with van der Waals surface area (Å²) in [5.41, 5.74) is 5.94. The Morgan fingerprint density at radius 2 is 1.67 bits per heavy atom. The Morgan fingerprint density at radius 3 is 2.33 bits per heavy atom. The van der Waals surface area contributed by atoms with Gasteiger partial charge in [-0.25, -0.2) is 4.79 Å². The van der Waals surface area contributed by atoms with Gasteiger partial charge in [0.25, 0.3) is 0 Å². The average Bonchev–Trinajstić information content (AvgIpc) is 2.67. The second kappa shape index (κ2) is 7.99. The van der Waals surface area contributed by atoms with Crippen molar-refractivity contribution >= 4 is 11.7 Å². The number of amides is 1. The summed E-state index contributed by atoms with van der Waals surface area (Å²) in [4.78, 5) is 14.3. The minimum atomic E-state index is -0.461. The molecule has 0 saturated heterocycles. The fourth-order valence-corrected chi connectivity index (χ4v) is 3.50. The fraction of sp³-hybridized carbons (Fsp3) is 0.375. The van der Waals surface area contributed by atoms with Crippen LogP contribution >= 0.6 is 0 Å². The molecule has 2 aromatic rings. The number of hydrogen-bond acceptors (Lipinski definition) is 2. The maximum Gasteiger partial charge on any atom is 0.410 e. The van der Waals surface area contributed by atoms with Crippen LogP contribution in [0.15, 0.2) is 60.2 Å². The first-order chi connectivity index (χ1) is 12.9. The number of hydrogen-bond donors (Lipinski definition) is 0. The molecule has 1 aliphatic rings. The molecule has 3 heteroatoms. The van der Waals surface area contributed by atoms with Crippen LogP contribution < -0.4 is 0 Å². The maximum absolute atomic E-state index is 12.4. The third kappa shape index (κ3) is 4.79. The molecule has 0 unspecified atom stereocenters. The van der Waals surface area contributed by atoms with Gasteiger partial charge in [-0.05, 0) is 67.5 Å². The van der Waals surface area contributed by atoms with E-state index in [0.717, 1.165) is 12.8 Å². The van der Waals surface area contributed by atoms with Gasteiger partial charge in [-0.15, -0.1) is 0 Å². The van der Waals surface area contributed by atoms with Crippen molar-refractivity contribution in [1.29, 1.82) is 0 Å². The lowest BCUT2D eigenvalue weighted by molar-refractivity contribution is 0.0263. The Bertz CT molecular complexity index is 831. The highest BCUT2D eigenvalue weighted by molar-refractivity contribution is 5.77. The Hall–Kier alpha value is -2.55. The minimum absolute atomic E-state index is 0.217. The first kappa shape index (κ1) is 19.2. The molecule has 27 heavy (non-hydrogen) atoms. The molecular formula is C24H29NO2. The summed E-state index contributed by atoms with van der Waals surface area (Å²) in [7, 11) is 0. The number of benzene rings is 2. The zero-order valence-corrected chi connectivity index (χ0v) is 16.8. The summed E-state index contributed by atoms with van der Waals surface area (Å²) in [5, 5.41) is 0. The molecule has 0 aliphatic carbocycles. The predicted molar refractivity (Wildman–Crippen MR) is 112 cm³/mol. The molecule has 3 nitrogen and oxygen atoms in total. The van der Waals surface area contributed by atoms with E-state index in [2.05, 4.69) is 55.5 Å². The van der Waals surface area contributed by atoms with Crippen molar-refractivity contribution < 1.29 is 9.53 Å². The van der Waals surface area contributed by atoms with E-state index in [9.17, 15) is 4.79 Å². The molecule has 0 bridgehead atoms. The molecule has 1 aliphatic heterocycles. The van der Waals surface area contributed by atoms with Crippen LogP contribution in [0.25, 0.3) is 16.7 Å². The molecule has 0 saturated carbocycles. The summed E-state index contributed by atoms with van der Waals surface area (Å²) < 4.78 is 5.55. The van der Waals surface area contributed by atoms with E-state index in [-0.39, 0.29) is 6.09 Å². The largest absolute Gasteiger partial charge is 0.444 e. The number of carbonyl (C=O) groups is 1. The molecule has 0 atom stereocenters. The van der Waals surface area contributed by atoms with Gasteiger partial charge in [0.15, 0.2) is 0 Å². The molecule has 0 aromatic heterocycles. The Balaban J connectivity index is 1.85. The molecule has 0 radical (unpaired) electrons. The van der Waals surface area contributed by atoms with Crippen LogP contribution in [0, 0.1) is 0 Å². The second-order valence-electron chi connectivity index (χ2n) is 8.03. The van der Waals surface area contributed by atoms with Gasteiger partial charge in [-0.2, -0.15) is 0 Å². The average molecular weight is 364 g/mol. The molecule has 2 aromatic carbocycles. The normalized spacial score (nSPS) is 15.0. The zero-order valence-electron chi connectivity index (χ0n) is 16.8. The first-order valence-corrected chi connectivity index (χ1v) is 9.72. The van der Waals surface area contributed by atoms with Gasteiger partial charge in [0, 0.05) is 13.1 Å². The third-order valence-corrected chi connectivity index (χ3v) is 4.84. The third-order valence-electron chi connectivity index (χ3n) is 4.84. The van der Waals surface area contributed by atoms with E-state index in [1.54, 1.807) is 0 Å². The number of nitrogens with zero attached hydrogens (tertiary/aromatic N) is 1. The van der Waals surface area contributed by atoms with E-state index in [4.69, 9.17) is 4.74 Å². The van der Waals surface area contributed by atoms with Gasteiger partial charge >= 0.3 is 6.09 Å². The summed E-state index contributed by atoms with van der Waals surface area (Å²) in [6.07, 6.45) is 1.58. The zero-order chi connectivity index (χ0) is 19.4. The quantitative estimate of drug-likeness (QED) is 0.654. The van der Waals surface area contributed by atoms with Crippen LogP contribution in [0.2, 0.25) is 0 Å². The molecule has 0 fully saturated rings. The van der Waals surface area contributed by atoms with Crippen molar-refractivity contribution in [2.24, 2.45) is 0 Å². The van der Waals surface area contributed by atoms with Gasteiger partial charge in [-0.1, -0.05) is 55.5 Å². The van der Waals surface area contributed by atoms with Crippen molar-refractivity contribution in [2.75, 3.05) is 13.1 Å². The van der Waals surface area contributed by atoms with E-state index >= 15 is 0 Å². The molecule has 142 valence electrons. The van der Waals surface area contributed by atoms with E-state index in [1.165, 1.54) is 27.8 Å². The predicted octanol–water partition coefficient (Wildman–Crippen LogP) is 6.16. The number of rotatable bonds is 3. The Labute approximate surface area is 162 Å². The highest BCUT2D eigenvalue weighted by atomic mass is 16.6. The lowest BCUT2D eigenvalue weighted by atomic mass is 9.90. The van der Waals surface area contributed by atoms with Crippen molar-refractivity contribution in [3.63, 3.8) is 0 Å². The summed E-state index contributed by atoms with van der Waals surface area (Å²) >= 11 is 0. The molecule has 0 spiro atoms. The van der Waals surface area contributed by atoms with Crippen LogP contribution in [0.1, 0.15) is 46.1 Å². The minimum Gasteiger partial charge on any atom is -0.444 e. The van der Waals surface area contributed by atoms with E-state index < -0.39 is 5.60 Å². The van der Waals surface area contributed by atoms with Crippen molar-refractivity contribution in [3.05, 3.63) is 65.7 Å². The van der Waals surface area contributed by atoms with Gasteiger partial charge in [0.2, 0.25) is 0 Å². The summed E-state index contributed by atoms with van der Waals surface area (Å²) in [6.45, 7) is 9.23. The summed E-state index contributed by atoms with van der Waals surface area (Å²) in [5.74, 6) is 0. The number of carbonyl (C=O) groups excluding carboxylic acids is 1. The monoisotopic (exact) mass is 363 g/mol. The van der Waals surface area contributed by atoms with Crippen LogP contribution in [0.3, 0.4) is 0 Å². The van der Waals surface area contributed by atoms with Gasteiger partial charge in [0.1, 0.15) is 5.60 Å². The smallest absolute Gasteiger partial charge is 0.410 e. The second-order valence-corrected chi connectivity index (χ2v) is 8.03. The number of ether oxygens (including phenoxy) is 1. The first-order valence-electron chi connectivity index (χ1n) is 9.72. The molecule has 0 N–H and O–H groups in total. The molecular weight excluding hydrogens is 334 g/mol. The summed E-state index contributed by atoms with van der Waals surface area (Å²) in [6, 6.07) is 19.2. The standard InChI is InChI=1S/C24H29NO2/c1-5-18-17-25(23(26)27-24(2,3)4)15-14-22(18)21-13-9-12-20(16-21)19-10-7-6-8-11-19/h6-13,16H,5,14-15,17H2,1-4H3. The topological polar surface area (TPSA) is 29.5 Å². The van der Waals surface area contributed by atoms with Crippen LogP contribution in [0.4, 0.5) is 4.79 Å². The molecule has 1 heterocycles. The molecule has 1 amide bonds. The lowest BCUT2D eigenvalue weighted by Gasteiger charge is -2.32. The van der Waals surface area contributed by atoms with Gasteiger partial charge in [-0.3, -0.25) is 0 Å². The van der Waals surface area contributed by atoms with Crippen molar-refractivity contribution in [3.8, 4) is 11.1 Å². The van der Waals surface area contributed by atoms with Crippen molar-refractivity contribution in [1.82, 2.24) is 4.90 Å². The van der Waals surface area contributed by atoms with Crippen LogP contribution in [-0.4, -0.2) is 29.7 Å². The van der Waals surface area contributed by atoms with Crippen LogP contribution in [-0.2, 0) is 4.74 Å². The SMILES string of the molecule is CCC1=C(c2cccc(-c3ccccc3)c2)CCN(C(=O)OC(C)(C)C)C1. The van der Waals surface area contributed by atoms with Gasteiger partial charge < -0.3 is 9.64 Å². The lowest BCUT2D eigenvalue weighted by Crippen LogP contribution is -2.40. The Morgan fingerprint density at radius 1 is 1.00 bits per heavy atom. The maximum atomic E-state index is 12.4.